The van der Waals surface area contributed by atoms with Gasteiger partial charge in [0.05, 0.1) is 0 Å². The standard InChI is InChI=1S/C19H22BrN3O/c20-16-6-4-15(5-7-16)14-21-19(24)22-17-8-10-18(11-9-17)23-12-2-1-3-13-23/h4-11H,1-3,12-14H2,(H2,21,22,24). The third-order valence-corrected chi connectivity index (χ3v) is 4.74. The number of hydrogen-bond acceptors (Lipinski definition) is 2. The molecule has 0 saturated carbocycles. The zero-order valence-electron chi connectivity index (χ0n) is 13.6. The number of nitrogens with one attached hydrogen (secondary N) is 2. The second-order valence-corrected chi connectivity index (χ2v) is 6.94. The van der Waals surface area contributed by atoms with Crippen molar-refractivity contribution in [2.45, 2.75) is 25.8 Å². The fourth-order valence-electron chi connectivity index (χ4n) is 2.87. The molecular weight excluding hydrogens is 366 g/mol. The molecule has 24 heavy (non-hydrogen) atoms. The molecule has 4 nitrogen and oxygen atoms in total. The lowest BCUT2D eigenvalue weighted by Gasteiger charge is -2.28. The molecule has 3 rings (SSSR count). The summed E-state index contributed by atoms with van der Waals surface area (Å²) in [6, 6.07) is 15.8. The molecule has 5 heteroatoms. The van der Waals surface area contributed by atoms with Gasteiger partial charge < -0.3 is 15.5 Å². The average molecular weight is 388 g/mol. The van der Waals surface area contributed by atoms with Crippen molar-refractivity contribution >= 4 is 33.3 Å². The molecular formula is C19H22BrN3O. The van der Waals surface area contributed by atoms with Crippen LogP contribution in [0.1, 0.15) is 24.8 Å². The lowest BCUT2D eigenvalue weighted by Crippen LogP contribution is -2.29. The molecule has 126 valence electrons. The number of halogens is 1. The first-order valence-corrected chi connectivity index (χ1v) is 9.14. The summed E-state index contributed by atoms with van der Waals surface area (Å²) >= 11 is 3.40. The van der Waals surface area contributed by atoms with Crippen molar-refractivity contribution < 1.29 is 4.79 Å². The van der Waals surface area contributed by atoms with Crippen molar-refractivity contribution in [2.75, 3.05) is 23.3 Å². The zero-order chi connectivity index (χ0) is 16.8. The van der Waals surface area contributed by atoms with Gasteiger partial charge in [0.15, 0.2) is 0 Å². The molecule has 0 atom stereocenters. The van der Waals surface area contributed by atoms with Crippen LogP contribution in [0.3, 0.4) is 0 Å². The first kappa shape index (κ1) is 16.8. The summed E-state index contributed by atoms with van der Waals surface area (Å²) < 4.78 is 1.03. The van der Waals surface area contributed by atoms with Gasteiger partial charge in [-0.3, -0.25) is 0 Å². The first-order valence-electron chi connectivity index (χ1n) is 8.35. The Bertz CT molecular complexity index is 664. The molecule has 1 heterocycles. The van der Waals surface area contributed by atoms with Crippen molar-refractivity contribution in [3.63, 3.8) is 0 Å². The maximum Gasteiger partial charge on any atom is 0.319 e. The van der Waals surface area contributed by atoms with Crippen LogP contribution < -0.4 is 15.5 Å². The van der Waals surface area contributed by atoms with Crippen LogP contribution in [-0.4, -0.2) is 19.1 Å². The number of benzene rings is 2. The summed E-state index contributed by atoms with van der Waals surface area (Å²) in [6.45, 7) is 2.76. The number of rotatable bonds is 4. The minimum Gasteiger partial charge on any atom is -0.372 e. The van der Waals surface area contributed by atoms with Gasteiger partial charge in [0.2, 0.25) is 0 Å². The van der Waals surface area contributed by atoms with Gasteiger partial charge in [-0.2, -0.15) is 0 Å². The van der Waals surface area contributed by atoms with Gasteiger partial charge in [0.1, 0.15) is 0 Å². The SMILES string of the molecule is O=C(NCc1ccc(Br)cc1)Nc1ccc(N2CCCCC2)cc1. The minimum absolute atomic E-state index is 0.191. The number of hydrogen-bond donors (Lipinski definition) is 2. The monoisotopic (exact) mass is 387 g/mol. The third-order valence-electron chi connectivity index (χ3n) is 4.21. The Hall–Kier alpha value is -2.01. The zero-order valence-corrected chi connectivity index (χ0v) is 15.2. The van der Waals surface area contributed by atoms with Crippen molar-refractivity contribution in [1.82, 2.24) is 5.32 Å². The van der Waals surface area contributed by atoms with Crippen LogP contribution in [0.2, 0.25) is 0 Å². The van der Waals surface area contributed by atoms with E-state index in [4.69, 9.17) is 0 Å². The van der Waals surface area contributed by atoms with Crippen LogP contribution in [0.4, 0.5) is 16.2 Å². The smallest absolute Gasteiger partial charge is 0.319 e. The Morgan fingerprint density at radius 2 is 1.62 bits per heavy atom. The van der Waals surface area contributed by atoms with Crippen LogP contribution in [0.5, 0.6) is 0 Å². The fourth-order valence-corrected chi connectivity index (χ4v) is 3.13. The maximum atomic E-state index is 12.0. The molecule has 1 fully saturated rings. The largest absolute Gasteiger partial charge is 0.372 e. The van der Waals surface area contributed by atoms with E-state index in [1.54, 1.807) is 0 Å². The van der Waals surface area contributed by atoms with Crippen LogP contribution in [0.15, 0.2) is 53.0 Å². The molecule has 0 aromatic heterocycles. The molecule has 1 aliphatic heterocycles. The molecule has 2 N–H and O–H groups in total. The second-order valence-electron chi connectivity index (χ2n) is 6.03. The summed E-state index contributed by atoms with van der Waals surface area (Å²) in [6.07, 6.45) is 3.85. The molecule has 1 saturated heterocycles. The maximum absolute atomic E-state index is 12.0. The molecule has 0 radical (unpaired) electrons. The van der Waals surface area contributed by atoms with E-state index in [1.165, 1.54) is 24.9 Å². The minimum atomic E-state index is -0.191. The Morgan fingerprint density at radius 1 is 0.958 bits per heavy atom. The molecule has 0 bridgehead atoms. The molecule has 0 spiro atoms. The van der Waals surface area contributed by atoms with E-state index in [0.29, 0.717) is 6.54 Å². The van der Waals surface area contributed by atoms with Crippen LogP contribution in [0.25, 0.3) is 0 Å². The number of piperidine rings is 1. The topological polar surface area (TPSA) is 44.4 Å². The predicted molar refractivity (Wildman–Crippen MR) is 103 cm³/mol. The summed E-state index contributed by atoms with van der Waals surface area (Å²) in [5, 5.41) is 5.74. The van der Waals surface area contributed by atoms with Crippen molar-refractivity contribution in [3.8, 4) is 0 Å². The van der Waals surface area contributed by atoms with Crippen molar-refractivity contribution in [1.29, 1.82) is 0 Å². The highest BCUT2D eigenvalue weighted by atomic mass is 79.9. The van der Waals surface area contributed by atoms with Gasteiger partial charge in [-0.25, -0.2) is 4.79 Å². The van der Waals surface area contributed by atoms with Crippen LogP contribution in [0, 0.1) is 0 Å². The summed E-state index contributed by atoms with van der Waals surface area (Å²) in [5.74, 6) is 0. The lowest BCUT2D eigenvalue weighted by molar-refractivity contribution is 0.251. The number of nitrogens with zero attached hydrogens (tertiary/aromatic N) is 1. The third kappa shape index (κ3) is 4.74. The van der Waals surface area contributed by atoms with E-state index in [9.17, 15) is 4.79 Å². The molecule has 0 aliphatic carbocycles. The highest BCUT2D eigenvalue weighted by Crippen LogP contribution is 2.21. The van der Waals surface area contributed by atoms with Crippen LogP contribution >= 0.6 is 15.9 Å². The van der Waals surface area contributed by atoms with Gasteiger partial charge in [0, 0.05) is 35.5 Å². The average Bonchev–Trinajstić information content (AvgIpc) is 2.63. The summed E-state index contributed by atoms with van der Waals surface area (Å²) in [7, 11) is 0. The number of carbonyl (C=O) groups excluding carboxylic acids is 1. The van der Waals surface area contributed by atoms with Gasteiger partial charge >= 0.3 is 6.03 Å². The first-order chi connectivity index (χ1) is 11.7. The van der Waals surface area contributed by atoms with Crippen molar-refractivity contribution in [3.05, 3.63) is 58.6 Å². The van der Waals surface area contributed by atoms with E-state index < -0.39 is 0 Å². The van der Waals surface area contributed by atoms with E-state index in [2.05, 4.69) is 43.6 Å². The van der Waals surface area contributed by atoms with Crippen molar-refractivity contribution in [2.24, 2.45) is 0 Å². The lowest BCUT2D eigenvalue weighted by atomic mass is 10.1. The second kappa shape index (κ2) is 8.20. The number of amides is 2. The molecule has 2 amide bonds. The predicted octanol–water partition coefficient (Wildman–Crippen LogP) is 4.76. The van der Waals surface area contributed by atoms with Gasteiger partial charge in [-0.15, -0.1) is 0 Å². The van der Waals surface area contributed by atoms with E-state index in [1.807, 2.05) is 36.4 Å². The number of carbonyl (C=O) groups is 1. The number of urea groups is 1. The van der Waals surface area contributed by atoms with E-state index in [0.717, 1.165) is 28.8 Å². The van der Waals surface area contributed by atoms with Crippen LogP contribution in [-0.2, 0) is 6.54 Å². The van der Waals surface area contributed by atoms with Gasteiger partial charge in [0.25, 0.3) is 0 Å². The van der Waals surface area contributed by atoms with Gasteiger partial charge in [-0.1, -0.05) is 28.1 Å². The molecule has 0 unspecified atom stereocenters. The van der Waals surface area contributed by atoms with Gasteiger partial charge in [-0.05, 0) is 61.2 Å². The Labute approximate surface area is 151 Å². The normalized spacial score (nSPS) is 14.3. The highest BCUT2D eigenvalue weighted by molar-refractivity contribution is 9.10. The summed E-state index contributed by atoms with van der Waals surface area (Å²) in [5.41, 5.74) is 3.10. The molecule has 2 aromatic carbocycles. The Balaban J connectivity index is 1.49. The Kier molecular flexibility index (Phi) is 5.75. The fraction of sp³-hybridized carbons (Fsp3) is 0.316. The highest BCUT2D eigenvalue weighted by Gasteiger charge is 2.10. The molecule has 1 aliphatic rings. The molecule has 2 aromatic rings. The quantitative estimate of drug-likeness (QED) is 0.793. The summed E-state index contributed by atoms with van der Waals surface area (Å²) in [4.78, 5) is 14.4. The van der Waals surface area contributed by atoms with E-state index in [-0.39, 0.29) is 6.03 Å². The van der Waals surface area contributed by atoms with E-state index >= 15 is 0 Å². The number of anilines is 2. The Morgan fingerprint density at radius 3 is 2.29 bits per heavy atom.